The quantitative estimate of drug-likeness (QED) is 0.692. The lowest BCUT2D eigenvalue weighted by molar-refractivity contribution is 0.0974. The zero-order valence-electron chi connectivity index (χ0n) is 9.72. The van der Waals surface area contributed by atoms with Crippen LogP contribution in [0.2, 0.25) is 10.0 Å². The number of hydrogen-bond acceptors (Lipinski definition) is 1. The Morgan fingerprint density at radius 2 is 1.71 bits per heavy atom. The van der Waals surface area contributed by atoms with E-state index in [-0.39, 0.29) is 5.78 Å². The largest absolute Gasteiger partial charge is 0.294 e. The van der Waals surface area contributed by atoms with Crippen molar-refractivity contribution < 1.29 is 4.79 Å². The molecule has 1 saturated carbocycles. The van der Waals surface area contributed by atoms with Gasteiger partial charge in [-0.3, -0.25) is 4.79 Å². The van der Waals surface area contributed by atoms with E-state index in [0.29, 0.717) is 22.0 Å². The zero-order chi connectivity index (χ0) is 12.3. The number of rotatable bonds is 4. The number of hydrogen-bond donors (Lipinski definition) is 0. The monoisotopic (exact) mass is 270 g/mol. The predicted molar refractivity (Wildman–Crippen MR) is 72.0 cm³/mol. The summed E-state index contributed by atoms with van der Waals surface area (Å²) in [6.07, 6.45) is 6.82. The van der Waals surface area contributed by atoms with Gasteiger partial charge in [0.1, 0.15) is 0 Å². The van der Waals surface area contributed by atoms with E-state index in [4.69, 9.17) is 23.2 Å². The molecule has 0 heterocycles. The van der Waals surface area contributed by atoms with Gasteiger partial charge in [-0.05, 0) is 30.5 Å². The maximum Gasteiger partial charge on any atom is 0.162 e. The lowest BCUT2D eigenvalue weighted by Gasteiger charge is -2.08. The van der Waals surface area contributed by atoms with Crippen LogP contribution in [0.5, 0.6) is 0 Å². The summed E-state index contributed by atoms with van der Waals surface area (Å²) in [6.45, 7) is 0. The van der Waals surface area contributed by atoms with Gasteiger partial charge in [0.05, 0.1) is 0 Å². The summed E-state index contributed by atoms with van der Waals surface area (Å²) < 4.78 is 0. The van der Waals surface area contributed by atoms with E-state index in [9.17, 15) is 4.79 Å². The van der Waals surface area contributed by atoms with E-state index in [1.807, 2.05) is 0 Å². The lowest BCUT2D eigenvalue weighted by Crippen LogP contribution is -2.03. The van der Waals surface area contributed by atoms with Crippen molar-refractivity contribution in [3.63, 3.8) is 0 Å². The highest BCUT2D eigenvalue weighted by molar-refractivity contribution is 6.35. The third-order valence-corrected chi connectivity index (χ3v) is 3.88. The number of carbonyl (C=O) groups is 1. The van der Waals surface area contributed by atoms with Gasteiger partial charge in [-0.25, -0.2) is 0 Å². The molecule has 1 fully saturated rings. The summed E-state index contributed by atoms with van der Waals surface area (Å²) in [7, 11) is 0. The van der Waals surface area contributed by atoms with Gasteiger partial charge >= 0.3 is 0 Å². The second-order valence-electron chi connectivity index (χ2n) is 4.77. The molecule has 0 aliphatic heterocycles. The number of ketones is 1. The van der Waals surface area contributed by atoms with Crippen molar-refractivity contribution >= 4 is 29.0 Å². The van der Waals surface area contributed by atoms with Crippen LogP contribution >= 0.6 is 23.2 Å². The Morgan fingerprint density at radius 1 is 1.12 bits per heavy atom. The summed E-state index contributed by atoms with van der Waals surface area (Å²) >= 11 is 11.8. The summed E-state index contributed by atoms with van der Waals surface area (Å²) in [5, 5.41) is 1.06. The minimum atomic E-state index is 0.154. The molecule has 2 rings (SSSR count). The average molecular weight is 271 g/mol. The molecule has 0 saturated heterocycles. The molecule has 1 aliphatic rings. The molecule has 0 bridgehead atoms. The van der Waals surface area contributed by atoms with Crippen LogP contribution in [-0.2, 0) is 0 Å². The molecule has 0 radical (unpaired) electrons. The third kappa shape index (κ3) is 3.72. The van der Waals surface area contributed by atoms with Crippen molar-refractivity contribution in [3.05, 3.63) is 33.8 Å². The van der Waals surface area contributed by atoms with Crippen LogP contribution < -0.4 is 0 Å². The maximum absolute atomic E-state index is 12.0. The van der Waals surface area contributed by atoms with Crippen molar-refractivity contribution in [1.82, 2.24) is 0 Å². The van der Waals surface area contributed by atoms with Crippen LogP contribution in [0.3, 0.4) is 0 Å². The van der Waals surface area contributed by atoms with E-state index in [1.165, 1.54) is 25.7 Å². The Kier molecular flexibility index (Phi) is 4.47. The first-order valence-corrected chi connectivity index (χ1v) is 6.90. The topological polar surface area (TPSA) is 17.1 Å². The smallest absolute Gasteiger partial charge is 0.162 e. The summed E-state index contributed by atoms with van der Waals surface area (Å²) in [6, 6.07) is 5.05. The fourth-order valence-corrected chi connectivity index (χ4v) is 3.02. The van der Waals surface area contributed by atoms with E-state index in [1.54, 1.807) is 18.2 Å². The molecule has 0 N–H and O–H groups in total. The summed E-state index contributed by atoms with van der Waals surface area (Å²) in [5.74, 6) is 0.898. The number of benzene rings is 1. The first-order valence-electron chi connectivity index (χ1n) is 6.14. The Morgan fingerprint density at radius 3 is 2.29 bits per heavy atom. The Hall–Kier alpha value is -0.530. The van der Waals surface area contributed by atoms with Crippen molar-refractivity contribution in [2.45, 2.75) is 38.5 Å². The van der Waals surface area contributed by atoms with Gasteiger partial charge in [-0.1, -0.05) is 48.9 Å². The molecule has 1 nitrogen and oxygen atoms in total. The molecule has 92 valence electrons. The third-order valence-electron chi connectivity index (χ3n) is 3.44. The number of Topliss-reactive ketones (excluding diaryl/α,β-unsaturated/α-hetero) is 1. The highest BCUT2D eigenvalue weighted by Crippen LogP contribution is 2.29. The van der Waals surface area contributed by atoms with Gasteiger partial charge < -0.3 is 0 Å². The fourth-order valence-electron chi connectivity index (χ4n) is 2.49. The van der Waals surface area contributed by atoms with E-state index in [2.05, 4.69) is 0 Å². The second kappa shape index (κ2) is 5.88. The minimum absolute atomic E-state index is 0.154. The first-order chi connectivity index (χ1) is 8.15. The maximum atomic E-state index is 12.0. The van der Waals surface area contributed by atoms with Crippen molar-refractivity contribution in [2.75, 3.05) is 0 Å². The van der Waals surface area contributed by atoms with Crippen molar-refractivity contribution in [1.29, 1.82) is 0 Å². The van der Waals surface area contributed by atoms with Crippen LogP contribution in [0.15, 0.2) is 18.2 Å². The zero-order valence-corrected chi connectivity index (χ0v) is 11.2. The van der Waals surface area contributed by atoms with Gasteiger partial charge in [-0.2, -0.15) is 0 Å². The minimum Gasteiger partial charge on any atom is -0.294 e. The van der Waals surface area contributed by atoms with Gasteiger partial charge in [-0.15, -0.1) is 0 Å². The van der Waals surface area contributed by atoms with Crippen molar-refractivity contribution in [3.8, 4) is 0 Å². The molecule has 0 amide bonds. The molecule has 0 aromatic heterocycles. The molecule has 0 spiro atoms. The molecule has 17 heavy (non-hydrogen) atoms. The normalized spacial score (nSPS) is 16.4. The molecule has 0 unspecified atom stereocenters. The van der Waals surface area contributed by atoms with Crippen LogP contribution in [-0.4, -0.2) is 5.78 Å². The Labute approximate surface area is 112 Å². The van der Waals surface area contributed by atoms with Crippen molar-refractivity contribution in [2.24, 2.45) is 5.92 Å². The second-order valence-corrected chi connectivity index (χ2v) is 5.64. The van der Waals surface area contributed by atoms with E-state index < -0.39 is 0 Å². The molecule has 1 aromatic rings. The molecule has 1 aliphatic carbocycles. The average Bonchev–Trinajstić information content (AvgIpc) is 2.77. The molecule has 1 aromatic carbocycles. The SMILES string of the molecule is O=C(CCC1CCCC1)c1cc(Cl)cc(Cl)c1. The molecular formula is C14H16Cl2O. The first kappa shape index (κ1) is 12.9. The number of halogens is 2. The number of carbonyl (C=O) groups excluding carboxylic acids is 1. The van der Waals surface area contributed by atoms with E-state index >= 15 is 0 Å². The van der Waals surface area contributed by atoms with Gasteiger partial charge in [0, 0.05) is 22.0 Å². The highest BCUT2D eigenvalue weighted by Gasteiger charge is 2.17. The molecular weight excluding hydrogens is 255 g/mol. The van der Waals surface area contributed by atoms with Crippen LogP contribution in [0.25, 0.3) is 0 Å². The van der Waals surface area contributed by atoms with Crippen LogP contribution in [0.1, 0.15) is 48.9 Å². The lowest BCUT2D eigenvalue weighted by atomic mass is 9.97. The van der Waals surface area contributed by atoms with Crippen LogP contribution in [0, 0.1) is 5.92 Å². The van der Waals surface area contributed by atoms with E-state index in [0.717, 1.165) is 12.3 Å². The summed E-state index contributed by atoms with van der Waals surface area (Å²) in [4.78, 5) is 12.0. The molecule has 0 atom stereocenters. The predicted octanol–water partition coefficient (Wildman–Crippen LogP) is 5.15. The van der Waals surface area contributed by atoms with Gasteiger partial charge in [0.25, 0.3) is 0 Å². The Bertz CT molecular complexity index is 388. The van der Waals surface area contributed by atoms with Gasteiger partial charge in [0.15, 0.2) is 5.78 Å². The molecule has 3 heteroatoms. The summed E-state index contributed by atoms with van der Waals surface area (Å²) in [5.41, 5.74) is 0.639. The standard InChI is InChI=1S/C14H16Cl2O/c15-12-7-11(8-13(16)9-12)14(17)6-5-10-3-1-2-4-10/h7-10H,1-6H2. The fraction of sp³-hybridized carbons (Fsp3) is 0.500. The highest BCUT2D eigenvalue weighted by atomic mass is 35.5. The van der Waals surface area contributed by atoms with Crippen LogP contribution in [0.4, 0.5) is 0 Å². The van der Waals surface area contributed by atoms with Gasteiger partial charge in [0.2, 0.25) is 0 Å². The Balaban J connectivity index is 1.94.